The number of imide groups is 1. The summed E-state index contributed by atoms with van der Waals surface area (Å²) < 4.78 is 0. The van der Waals surface area contributed by atoms with Gasteiger partial charge in [-0.05, 0) is 0 Å². The molecule has 0 aromatic rings. The van der Waals surface area contributed by atoms with Crippen LogP contribution in [-0.4, -0.2) is 51.9 Å². The van der Waals surface area contributed by atoms with Crippen molar-refractivity contribution in [1.82, 2.24) is 10.2 Å². The molecule has 17 heavy (non-hydrogen) atoms. The van der Waals surface area contributed by atoms with Crippen molar-refractivity contribution in [2.24, 2.45) is 0 Å². The number of aliphatic carboxylic acids is 1. The van der Waals surface area contributed by atoms with Gasteiger partial charge in [0.15, 0.2) is 0 Å². The molecule has 1 saturated heterocycles. The molecule has 94 valence electrons. The van der Waals surface area contributed by atoms with Gasteiger partial charge in [0.2, 0.25) is 11.8 Å². The van der Waals surface area contributed by atoms with Crippen LogP contribution >= 0.6 is 11.8 Å². The van der Waals surface area contributed by atoms with Crippen LogP contribution in [0.25, 0.3) is 0 Å². The zero-order chi connectivity index (χ0) is 12.8. The standard InChI is InChI=1S/C9H12N2O5S/c12-6(10-3-1-8(14)15)2-4-11-7(13)5-17-9(11)16/h1-5H2,(H,10,12)(H,14,15). The molecule has 0 aromatic heterocycles. The Hall–Kier alpha value is -1.57. The van der Waals surface area contributed by atoms with Crippen LogP contribution in [0.4, 0.5) is 4.79 Å². The summed E-state index contributed by atoms with van der Waals surface area (Å²) in [6.07, 6.45) is -0.152. The van der Waals surface area contributed by atoms with Gasteiger partial charge in [0.25, 0.3) is 5.24 Å². The van der Waals surface area contributed by atoms with E-state index in [4.69, 9.17) is 5.11 Å². The molecular formula is C9H12N2O5S. The average molecular weight is 260 g/mol. The van der Waals surface area contributed by atoms with E-state index in [1.165, 1.54) is 0 Å². The first-order valence-electron chi connectivity index (χ1n) is 4.96. The molecule has 1 fully saturated rings. The fraction of sp³-hybridized carbons (Fsp3) is 0.556. The van der Waals surface area contributed by atoms with Gasteiger partial charge >= 0.3 is 5.97 Å². The van der Waals surface area contributed by atoms with Gasteiger partial charge in [-0.25, -0.2) is 0 Å². The fourth-order valence-electron chi connectivity index (χ4n) is 1.21. The Morgan fingerprint density at radius 3 is 2.59 bits per heavy atom. The number of nitrogens with one attached hydrogen (secondary N) is 1. The number of carboxylic acid groups (broad SMARTS) is 1. The van der Waals surface area contributed by atoms with E-state index in [1.54, 1.807) is 0 Å². The minimum absolute atomic E-state index is 0.00232. The SMILES string of the molecule is O=C(O)CCNC(=O)CCN1C(=O)CSC1=O. The highest BCUT2D eigenvalue weighted by atomic mass is 32.2. The van der Waals surface area contributed by atoms with Crippen LogP contribution in [0.5, 0.6) is 0 Å². The predicted molar refractivity (Wildman–Crippen MR) is 59.4 cm³/mol. The Bertz CT molecular complexity index is 341. The Kier molecular flexibility index (Phi) is 4.95. The third-order valence-electron chi connectivity index (χ3n) is 2.06. The largest absolute Gasteiger partial charge is 0.481 e. The second-order valence-corrected chi connectivity index (χ2v) is 4.27. The molecule has 1 aliphatic heterocycles. The van der Waals surface area contributed by atoms with E-state index >= 15 is 0 Å². The number of carbonyl (C=O) groups excluding carboxylic acids is 3. The Morgan fingerprint density at radius 1 is 1.35 bits per heavy atom. The van der Waals surface area contributed by atoms with Crippen molar-refractivity contribution < 1.29 is 24.3 Å². The van der Waals surface area contributed by atoms with Crippen molar-refractivity contribution in [2.45, 2.75) is 12.8 Å². The number of thioether (sulfide) groups is 1. The van der Waals surface area contributed by atoms with Crippen molar-refractivity contribution in [3.63, 3.8) is 0 Å². The highest BCUT2D eigenvalue weighted by Gasteiger charge is 2.29. The highest BCUT2D eigenvalue weighted by molar-refractivity contribution is 8.14. The van der Waals surface area contributed by atoms with E-state index in [9.17, 15) is 19.2 Å². The molecule has 3 amide bonds. The molecule has 1 heterocycles. The molecule has 0 radical (unpaired) electrons. The lowest BCUT2D eigenvalue weighted by atomic mass is 10.3. The number of carbonyl (C=O) groups is 4. The van der Waals surface area contributed by atoms with Crippen LogP contribution < -0.4 is 5.32 Å². The number of hydrogen-bond donors (Lipinski definition) is 2. The van der Waals surface area contributed by atoms with Gasteiger partial charge in [0.05, 0.1) is 12.2 Å². The van der Waals surface area contributed by atoms with Crippen LogP contribution in [0.15, 0.2) is 0 Å². The first-order chi connectivity index (χ1) is 8.00. The zero-order valence-electron chi connectivity index (χ0n) is 8.97. The van der Waals surface area contributed by atoms with E-state index < -0.39 is 5.97 Å². The monoisotopic (exact) mass is 260 g/mol. The zero-order valence-corrected chi connectivity index (χ0v) is 9.79. The van der Waals surface area contributed by atoms with E-state index in [2.05, 4.69) is 5.32 Å². The topological polar surface area (TPSA) is 104 Å². The van der Waals surface area contributed by atoms with Crippen molar-refractivity contribution in [3.05, 3.63) is 0 Å². The van der Waals surface area contributed by atoms with Crippen molar-refractivity contribution in [2.75, 3.05) is 18.8 Å². The molecule has 0 atom stereocenters. The summed E-state index contributed by atoms with van der Waals surface area (Å²) in [5, 5.41) is 10.4. The third kappa shape index (κ3) is 4.43. The first-order valence-corrected chi connectivity index (χ1v) is 5.95. The molecule has 0 saturated carbocycles. The summed E-state index contributed by atoms with van der Waals surface area (Å²) in [7, 11) is 0. The lowest BCUT2D eigenvalue weighted by Gasteiger charge is -2.11. The first kappa shape index (κ1) is 13.5. The van der Waals surface area contributed by atoms with Crippen LogP contribution in [0.2, 0.25) is 0 Å². The molecule has 0 aromatic carbocycles. The lowest BCUT2D eigenvalue weighted by molar-refractivity contribution is -0.137. The van der Waals surface area contributed by atoms with E-state index in [-0.39, 0.29) is 48.7 Å². The quantitative estimate of drug-likeness (QED) is 0.677. The van der Waals surface area contributed by atoms with Gasteiger partial charge in [0, 0.05) is 19.5 Å². The molecular weight excluding hydrogens is 248 g/mol. The Morgan fingerprint density at radius 2 is 2.06 bits per heavy atom. The third-order valence-corrected chi connectivity index (χ3v) is 2.92. The minimum atomic E-state index is -0.994. The van der Waals surface area contributed by atoms with Crippen LogP contribution in [0, 0.1) is 0 Å². The van der Waals surface area contributed by atoms with Crippen molar-refractivity contribution >= 4 is 34.8 Å². The number of nitrogens with zero attached hydrogens (tertiary/aromatic N) is 1. The summed E-state index contributed by atoms with van der Waals surface area (Å²) >= 11 is 0.915. The minimum Gasteiger partial charge on any atom is -0.481 e. The average Bonchev–Trinajstić information content (AvgIpc) is 2.55. The smallest absolute Gasteiger partial charge is 0.305 e. The maximum Gasteiger partial charge on any atom is 0.305 e. The molecule has 1 rings (SSSR count). The van der Waals surface area contributed by atoms with Crippen LogP contribution in [0.1, 0.15) is 12.8 Å². The second kappa shape index (κ2) is 6.24. The van der Waals surface area contributed by atoms with E-state index in [1.807, 2.05) is 0 Å². The summed E-state index contributed by atoms with van der Waals surface area (Å²) in [6.45, 7) is 0.0916. The van der Waals surface area contributed by atoms with Gasteiger partial charge in [-0.15, -0.1) is 0 Å². The maximum absolute atomic E-state index is 11.2. The van der Waals surface area contributed by atoms with Gasteiger partial charge in [0.1, 0.15) is 0 Å². The molecule has 0 aliphatic carbocycles. The summed E-state index contributed by atoms with van der Waals surface area (Å²) in [4.78, 5) is 44.8. The molecule has 8 heteroatoms. The predicted octanol–water partition coefficient (Wildman–Crippen LogP) is -0.337. The van der Waals surface area contributed by atoms with Crippen molar-refractivity contribution in [1.29, 1.82) is 0 Å². The Balaban J connectivity index is 2.21. The fourth-order valence-corrected chi connectivity index (χ4v) is 1.96. The van der Waals surface area contributed by atoms with E-state index in [0.29, 0.717) is 0 Å². The maximum atomic E-state index is 11.2. The summed E-state index contributed by atoms with van der Waals surface area (Å²) in [5.41, 5.74) is 0. The molecule has 2 N–H and O–H groups in total. The molecule has 7 nitrogen and oxygen atoms in total. The van der Waals surface area contributed by atoms with Crippen LogP contribution in [-0.2, 0) is 14.4 Å². The summed E-state index contributed by atoms with van der Waals surface area (Å²) in [5.74, 6) is -1.53. The summed E-state index contributed by atoms with van der Waals surface area (Å²) in [6, 6.07) is 0. The van der Waals surface area contributed by atoms with Crippen molar-refractivity contribution in [3.8, 4) is 0 Å². The second-order valence-electron chi connectivity index (χ2n) is 3.34. The van der Waals surface area contributed by atoms with Gasteiger partial charge in [-0.2, -0.15) is 0 Å². The highest BCUT2D eigenvalue weighted by Crippen LogP contribution is 2.18. The number of carboxylic acids is 1. The number of amides is 3. The number of hydrogen-bond acceptors (Lipinski definition) is 5. The molecule has 0 spiro atoms. The van der Waals surface area contributed by atoms with E-state index in [0.717, 1.165) is 16.7 Å². The lowest BCUT2D eigenvalue weighted by Crippen LogP contribution is -2.34. The molecule has 0 bridgehead atoms. The van der Waals surface area contributed by atoms with Crippen LogP contribution in [0.3, 0.4) is 0 Å². The van der Waals surface area contributed by atoms with Gasteiger partial charge < -0.3 is 10.4 Å². The molecule has 0 unspecified atom stereocenters. The Labute approximate surface area is 102 Å². The normalized spacial score (nSPS) is 15.2. The van der Waals surface area contributed by atoms with Gasteiger partial charge in [-0.1, -0.05) is 11.8 Å². The number of rotatable bonds is 6. The molecule has 1 aliphatic rings. The van der Waals surface area contributed by atoms with Gasteiger partial charge in [-0.3, -0.25) is 24.1 Å².